The maximum atomic E-state index is 13.6. The third-order valence-corrected chi connectivity index (χ3v) is 8.76. The number of nitriles is 1. The van der Waals surface area contributed by atoms with Crippen LogP contribution in [-0.2, 0) is 26.3 Å². The van der Waals surface area contributed by atoms with Crippen molar-refractivity contribution in [3.8, 4) is 6.07 Å². The van der Waals surface area contributed by atoms with Crippen molar-refractivity contribution in [3.63, 3.8) is 0 Å². The maximum absolute atomic E-state index is 13.6. The molecular weight excluding hydrogens is 461 g/mol. The number of aryl methyl sites for hydroxylation is 1. The first-order valence-electron chi connectivity index (χ1n) is 11.7. The molecule has 0 radical (unpaired) electrons. The van der Waals surface area contributed by atoms with Gasteiger partial charge in [-0.25, -0.2) is 4.39 Å². The van der Waals surface area contributed by atoms with Crippen molar-refractivity contribution < 1.29 is 22.4 Å². The van der Waals surface area contributed by atoms with Gasteiger partial charge in [-0.05, 0) is 55.9 Å². The predicted octanol–water partition coefficient (Wildman–Crippen LogP) is 1.15. The lowest BCUT2D eigenvalue weighted by molar-refractivity contribution is -0.142. The number of amides is 2. The fraction of sp³-hybridized carbons (Fsp3) is 0.609. The fourth-order valence-corrected chi connectivity index (χ4v) is 6.78. The molecule has 1 aromatic carbocycles. The number of carbonyl (C=O) groups is 2. The van der Waals surface area contributed by atoms with Crippen LogP contribution in [0.25, 0.3) is 0 Å². The molecule has 0 aromatic heterocycles. The lowest BCUT2D eigenvalue weighted by Gasteiger charge is -2.41. The summed E-state index contributed by atoms with van der Waals surface area (Å²) in [5.74, 6) is -1.62. The molecule has 2 atom stereocenters. The summed E-state index contributed by atoms with van der Waals surface area (Å²) >= 11 is 0. The summed E-state index contributed by atoms with van der Waals surface area (Å²) in [6.07, 6.45) is 2.37. The molecule has 3 fully saturated rings. The lowest BCUT2D eigenvalue weighted by atomic mass is 9.97. The Morgan fingerprint density at radius 3 is 2.56 bits per heavy atom. The van der Waals surface area contributed by atoms with E-state index < -0.39 is 22.2 Å². The second-order valence-corrected chi connectivity index (χ2v) is 11.3. The van der Waals surface area contributed by atoms with Crippen LogP contribution in [0, 0.1) is 35.9 Å². The van der Waals surface area contributed by atoms with Crippen LogP contribution >= 0.6 is 0 Å². The molecule has 1 aromatic rings. The summed E-state index contributed by atoms with van der Waals surface area (Å²) in [6.45, 7) is 3.21. The Hall–Kier alpha value is -2.55. The van der Waals surface area contributed by atoms with Gasteiger partial charge in [0.25, 0.3) is 10.2 Å². The number of nitrogens with one attached hydrogen (secondary N) is 1. The van der Waals surface area contributed by atoms with Gasteiger partial charge in [0.15, 0.2) is 0 Å². The molecule has 0 saturated carbocycles. The number of benzene rings is 1. The third-order valence-electron chi connectivity index (χ3n) is 6.82. The van der Waals surface area contributed by atoms with Gasteiger partial charge in [-0.2, -0.15) is 22.3 Å². The minimum atomic E-state index is -3.70. The van der Waals surface area contributed by atoms with Crippen LogP contribution in [0.15, 0.2) is 18.2 Å². The first-order valence-corrected chi connectivity index (χ1v) is 13.1. The van der Waals surface area contributed by atoms with Crippen molar-refractivity contribution in [2.45, 2.75) is 45.2 Å². The van der Waals surface area contributed by atoms with E-state index in [4.69, 9.17) is 5.26 Å². The number of carbonyl (C=O) groups excluding carboxylic acids is 2. The van der Waals surface area contributed by atoms with E-state index in [0.717, 1.165) is 5.56 Å². The summed E-state index contributed by atoms with van der Waals surface area (Å²) in [4.78, 5) is 27.8. The van der Waals surface area contributed by atoms with Gasteiger partial charge in [0.1, 0.15) is 11.9 Å². The van der Waals surface area contributed by atoms with Gasteiger partial charge in [-0.3, -0.25) is 9.59 Å². The summed E-state index contributed by atoms with van der Waals surface area (Å²) in [7, 11) is -3.70. The monoisotopic (exact) mass is 491 g/mol. The molecule has 0 aliphatic carbocycles. The van der Waals surface area contributed by atoms with Crippen molar-refractivity contribution in [1.29, 1.82) is 5.26 Å². The van der Waals surface area contributed by atoms with Gasteiger partial charge >= 0.3 is 0 Å². The molecule has 4 rings (SSSR count). The van der Waals surface area contributed by atoms with Gasteiger partial charge in [-0.15, -0.1) is 0 Å². The molecule has 11 heteroatoms. The van der Waals surface area contributed by atoms with Crippen molar-refractivity contribution in [2.75, 3.05) is 32.7 Å². The average Bonchev–Trinajstić information content (AvgIpc) is 3.25. The van der Waals surface area contributed by atoms with Crippen LogP contribution in [0.2, 0.25) is 0 Å². The molecular formula is C23H30FN5O4S. The van der Waals surface area contributed by atoms with Crippen molar-refractivity contribution in [1.82, 2.24) is 18.8 Å². The number of hydrogen-bond acceptors (Lipinski definition) is 5. The largest absolute Gasteiger partial charge is 0.350 e. The quantitative estimate of drug-likeness (QED) is 0.641. The zero-order valence-electron chi connectivity index (χ0n) is 19.2. The van der Waals surface area contributed by atoms with Gasteiger partial charge in [0, 0.05) is 39.3 Å². The first kappa shape index (κ1) is 24.6. The number of nitrogens with zero attached hydrogens (tertiary/aromatic N) is 4. The molecule has 1 N–H and O–H groups in total. The van der Waals surface area contributed by atoms with Crippen LogP contribution in [0.1, 0.15) is 36.8 Å². The van der Waals surface area contributed by atoms with E-state index in [1.165, 1.54) is 20.7 Å². The third kappa shape index (κ3) is 5.09. The topological polar surface area (TPSA) is 114 Å². The molecule has 3 aliphatic rings. The Balaban J connectivity index is 1.36. The zero-order valence-corrected chi connectivity index (χ0v) is 20.1. The Kier molecular flexibility index (Phi) is 7.21. The van der Waals surface area contributed by atoms with E-state index in [2.05, 4.69) is 11.4 Å². The second kappa shape index (κ2) is 9.98. The predicted molar refractivity (Wildman–Crippen MR) is 122 cm³/mol. The molecule has 9 nitrogen and oxygen atoms in total. The van der Waals surface area contributed by atoms with E-state index in [0.29, 0.717) is 44.3 Å². The Morgan fingerprint density at radius 1 is 1.12 bits per heavy atom. The van der Waals surface area contributed by atoms with Crippen LogP contribution in [0.4, 0.5) is 4.39 Å². The number of piperidine rings is 1. The average molecular weight is 492 g/mol. The minimum Gasteiger partial charge on any atom is -0.350 e. The number of hydrogen-bond donors (Lipinski definition) is 1. The Morgan fingerprint density at radius 2 is 1.85 bits per heavy atom. The van der Waals surface area contributed by atoms with E-state index in [9.17, 15) is 22.4 Å². The zero-order chi connectivity index (χ0) is 24.5. The van der Waals surface area contributed by atoms with Crippen molar-refractivity contribution in [3.05, 3.63) is 35.1 Å². The number of halogens is 1. The van der Waals surface area contributed by atoms with Gasteiger partial charge in [0.2, 0.25) is 11.8 Å². The number of rotatable bonds is 6. The molecule has 34 heavy (non-hydrogen) atoms. The maximum Gasteiger partial charge on any atom is 0.282 e. The van der Waals surface area contributed by atoms with Crippen LogP contribution < -0.4 is 5.32 Å². The molecule has 0 spiro atoms. The van der Waals surface area contributed by atoms with Crippen molar-refractivity contribution >= 4 is 22.0 Å². The molecule has 3 saturated heterocycles. The highest BCUT2D eigenvalue weighted by Gasteiger charge is 2.44. The summed E-state index contributed by atoms with van der Waals surface area (Å²) in [5.41, 5.74) is 1.42. The second-order valence-electron chi connectivity index (χ2n) is 9.39. The van der Waals surface area contributed by atoms with Gasteiger partial charge in [0.05, 0.1) is 17.9 Å². The summed E-state index contributed by atoms with van der Waals surface area (Å²) < 4.78 is 42.0. The molecule has 0 bridgehead atoms. The van der Waals surface area contributed by atoms with Crippen LogP contribution in [0.5, 0.6) is 0 Å². The molecule has 3 heterocycles. The van der Waals surface area contributed by atoms with Gasteiger partial charge < -0.3 is 10.2 Å². The van der Waals surface area contributed by atoms with E-state index in [1.807, 2.05) is 0 Å². The molecule has 2 amide bonds. The number of likely N-dealkylation sites (tertiary alicyclic amines) is 1. The molecule has 184 valence electrons. The standard InChI is InChI=1S/C23H30FN5O4S/c1-16-8-17(10-20(24)9-16)12-26-22(30)21-5-3-7-29(21)23(31)19-4-2-6-27(15-19)34(32,33)28-13-18(11-25)14-28/h8-10,18-19,21H,2-7,12-15H2,1H3,(H,26,30)/t19-,21+/m0/s1. The van der Waals surface area contributed by atoms with Crippen LogP contribution in [0.3, 0.4) is 0 Å². The Labute approximate surface area is 199 Å². The minimum absolute atomic E-state index is 0.0856. The Bertz CT molecular complexity index is 1080. The van der Waals surface area contributed by atoms with E-state index in [1.54, 1.807) is 17.9 Å². The van der Waals surface area contributed by atoms with Crippen LogP contribution in [-0.4, -0.2) is 72.5 Å². The lowest BCUT2D eigenvalue weighted by Crippen LogP contribution is -2.57. The van der Waals surface area contributed by atoms with E-state index >= 15 is 0 Å². The summed E-state index contributed by atoms with van der Waals surface area (Å²) in [5, 5.41) is 11.7. The molecule has 3 aliphatic heterocycles. The highest BCUT2D eigenvalue weighted by atomic mass is 32.2. The van der Waals surface area contributed by atoms with E-state index in [-0.39, 0.29) is 49.7 Å². The first-order chi connectivity index (χ1) is 16.2. The highest BCUT2D eigenvalue weighted by Crippen LogP contribution is 2.29. The SMILES string of the molecule is Cc1cc(F)cc(CNC(=O)[C@H]2CCCN2C(=O)[C@H]2CCCN(S(=O)(=O)N3CC(C#N)C3)C2)c1. The van der Waals surface area contributed by atoms with Gasteiger partial charge in [-0.1, -0.05) is 6.07 Å². The normalized spacial score (nSPS) is 24.4. The fourth-order valence-electron chi connectivity index (χ4n) is 4.98. The summed E-state index contributed by atoms with van der Waals surface area (Å²) in [6, 6.07) is 6.05. The molecule has 0 unspecified atom stereocenters. The highest BCUT2D eigenvalue weighted by molar-refractivity contribution is 7.86. The van der Waals surface area contributed by atoms with Crippen molar-refractivity contribution in [2.24, 2.45) is 11.8 Å². The smallest absolute Gasteiger partial charge is 0.282 e.